The number of carbonyl (C=O) groups is 3. The first kappa shape index (κ1) is 22.0. The van der Waals surface area contributed by atoms with E-state index in [1.54, 1.807) is 12.1 Å². The molecule has 5 N–H and O–H groups in total. The Labute approximate surface area is 194 Å². The van der Waals surface area contributed by atoms with Gasteiger partial charge < -0.3 is 26.3 Å². The molecule has 2 heterocycles. The molecule has 1 aromatic heterocycles. The van der Waals surface area contributed by atoms with Gasteiger partial charge in [0.15, 0.2) is 0 Å². The Morgan fingerprint density at radius 3 is 2.53 bits per heavy atom. The van der Waals surface area contributed by atoms with Crippen LogP contribution >= 0.6 is 23.2 Å². The van der Waals surface area contributed by atoms with E-state index in [2.05, 4.69) is 26.3 Å². The maximum absolute atomic E-state index is 12.6. The van der Waals surface area contributed by atoms with Crippen LogP contribution in [0.25, 0.3) is 10.9 Å². The van der Waals surface area contributed by atoms with Gasteiger partial charge in [-0.25, -0.2) is 4.79 Å². The van der Waals surface area contributed by atoms with Crippen molar-refractivity contribution in [2.75, 3.05) is 11.9 Å². The van der Waals surface area contributed by atoms with E-state index in [4.69, 9.17) is 23.2 Å². The van der Waals surface area contributed by atoms with E-state index in [1.807, 2.05) is 30.5 Å². The van der Waals surface area contributed by atoms with E-state index < -0.39 is 18.1 Å². The van der Waals surface area contributed by atoms with Crippen LogP contribution in [0.3, 0.4) is 0 Å². The zero-order valence-electron chi connectivity index (χ0n) is 16.9. The number of H-pyrrole nitrogens is 1. The van der Waals surface area contributed by atoms with Crippen molar-refractivity contribution in [3.8, 4) is 0 Å². The van der Waals surface area contributed by atoms with E-state index in [0.29, 0.717) is 22.2 Å². The molecule has 10 heteroatoms. The quantitative estimate of drug-likeness (QED) is 0.378. The highest BCUT2D eigenvalue weighted by molar-refractivity contribution is 6.42. The summed E-state index contributed by atoms with van der Waals surface area (Å²) in [5.41, 5.74) is 2.43. The van der Waals surface area contributed by atoms with E-state index in [0.717, 1.165) is 16.5 Å². The SMILES string of the molecule is O=C(NCCC1NC(=O)C(Cc2c[nH]c3ccccc23)NC1=O)Nc1ccc(Cl)c(Cl)c1. The highest BCUT2D eigenvalue weighted by Gasteiger charge is 2.33. The highest BCUT2D eigenvalue weighted by Crippen LogP contribution is 2.25. The average molecular weight is 474 g/mol. The zero-order valence-corrected chi connectivity index (χ0v) is 18.4. The van der Waals surface area contributed by atoms with Crippen LogP contribution in [0.5, 0.6) is 0 Å². The molecule has 8 nitrogen and oxygen atoms in total. The first-order valence-corrected chi connectivity index (χ1v) is 10.8. The Morgan fingerprint density at radius 2 is 1.72 bits per heavy atom. The molecule has 3 aromatic rings. The number of para-hydroxylation sites is 1. The molecule has 1 saturated heterocycles. The summed E-state index contributed by atoms with van der Waals surface area (Å²) in [6.45, 7) is 0.193. The van der Waals surface area contributed by atoms with Gasteiger partial charge in [0.2, 0.25) is 11.8 Å². The molecule has 32 heavy (non-hydrogen) atoms. The van der Waals surface area contributed by atoms with Crippen LogP contribution in [0.4, 0.5) is 10.5 Å². The number of hydrogen-bond acceptors (Lipinski definition) is 3. The third kappa shape index (κ3) is 4.98. The van der Waals surface area contributed by atoms with Crippen molar-refractivity contribution in [2.24, 2.45) is 0 Å². The number of hydrogen-bond donors (Lipinski definition) is 5. The summed E-state index contributed by atoms with van der Waals surface area (Å²) < 4.78 is 0. The van der Waals surface area contributed by atoms with Crippen molar-refractivity contribution in [1.29, 1.82) is 0 Å². The van der Waals surface area contributed by atoms with Gasteiger partial charge in [-0.05, 0) is 36.2 Å². The van der Waals surface area contributed by atoms with Crippen LogP contribution in [0.1, 0.15) is 12.0 Å². The van der Waals surface area contributed by atoms with Crippen molar-refractivity contribution in [3.63, 3.8) is 0 Å². The first-order chi connectivity index (χ1) is 15.4. The minimum Gasteiger partial charge on any atom is -0.361 e. The number of rotatable bonds is 6. The number of amides is 4. The molecule has 0 aliphatic carbocycles. The predicted octanol–water partition coefficient (Wildman–Crippen LogP) is 3.21. The van der Waals surface area contributed by atoms with E-state index in [-0.39, 0.29) is 24.8 Å². The summed E-state index contributed by atoms with van der Waals surface area (Å²) in [5.74, 6) is -0.527. The molecule has 2 atom stereocenters. The largest absolute Gasteiger partial charge is 0.361 e. The summed E-state index contributed by atoms with van der Waals surface area (Å²) >= 11 is 11.8. The maximum Gasteiger partial charge on any atom is 0.319 e. The molecule has 2 aromatic carbocycles. The second-order valence-electron chi connectivity index (χ2n) is 7.48. The van der Waals surface area contributed by atoms with Crippen molar-refractivity contribution >= 4 is 57.6 Å². The molecule has 0 bridgehead atoms. The van der Waals surface area contributed by atoms with Gasteiger partial charge >= 0.3 is 6.03 Å². The lowest BCUT2D eigenvalue weighted by molar-refractivity contribution is -0.136. The first-order valence-electron chi connectivity index (χ1n) is 10.1. The lowest BCUT2D eigenvalue weighted by Crippen LogP contribution is -2.62. The fourth-order valence-electron chi connectivity index (χ4n) is 3.62. The molecule has 0 saturated carbocycles. The number of aromatic nitrogens is 1. The van der Waals surface area contributed by atoms with E-state index >= 15 is 0 Å². The zero-order chi connectivity index (χ0) is 22.7. The van der Waals surface area contributed by atoms with Gasteiger partial charge in [0.05, 0.1) is 10.0 Å². The highest BCUT2D eigenvalue weighted by atomic mass is 35.5. The van der Waals surface area contributed by atoms with Gasteiger partial charge in [-0.3, -0.25) is 9.59 Å². The molecular weight excluding hydrogens is 453 g/mol. The van der Waals surface area contributed by atoms with Crippen LogP contribution in [0.15, 0.2) is 48.7 Å². The summed E-state index contributed by atoms with van der Waals surface area (Å²) in [7, 11) is 0. The van der Waals surface area contributed by atoms with Gasteiger partial charge in [0.25, 0.3) is 0 Å². The van der Waals surface area contributed by atoms with Gasteiger partial charge in [-0.1, -0.05) is 41.4 Å². The maximum atomic E-state index is 12.6. The van der Waals surface area contributed by atoms with Gasteiger partial charge in [-0.2, -0.15) is 0 Å². The van der Waals surface area contributed by atoms with E-state index in [9.17, 15) is 14.4 Å². The van der Waals surface area contributed by atoms with Gasteiger partial charge in [0.1, 0.15) is 12.1 Å². The smallest absolute Gasteiger partial charge is 0.319 e. The summed E-state index contributed by atoms with van der Waals surface area (Å²) in [4.78, 5) is 40.3. The number of piperazine rings is 1. The fourth-order valence-corrected chi connectivity index (χ4v) is 3.92. The lowest BCUT2D eigenvalue weighted by atomic mass is 10.0. The molecule has 4 amide bonds. The van der Waals surface area contributed by atoms with Gasteiger partial charge in [0, 0.05) is 35.8 Å². The molecule has 4 rings (SSSR count). The predicted molar refractivity (Wildman–Crippen MR) is 124 cm³/mol. The van der Waals surface area contributed by atoms with Crippen molar-refractivity contribution in [2.45, 2.75) is 24.9 Å². The number of urea groups is 1. The number of aromatic amines is 1. The molecule has 0 radical (unpaired) electrons. The molecule has 1 fully saturated rings. The molecule has 1 aliphatic heterocycles. The molecule has 2 unspecified atom stereocenters. The van der Waals surface area contributed by atoms with E-state index in [1.165, 1.54) is 6.07 Å². The Bertz CT molecular complexity index is 1180. The van der Waals surface area contributed by atoms with Crippen LogP contribution in [-0.4, -0.2) is 41.5 Å². The Morgan fingerprint density at radius 1 is 0.969 bits per heavy atom. The number of nitrogens with one attached hydrogen (secondary N) is 5. The van der Waals surface area contributed by atoms with Crippen molar-refractivity contribution in [1.82, 2.24) is 20.9 Å². The molecule has 166 valence electrons. The number of anilines is 1. The third-order valence-corrected chi connectivity index (χ3v) is 6.00. The average Bonchev–Trinajstić information content (AvgIpc) is 3.17. The molecule has 1 aliphatic rings. The Balaban J connectivity index is 1.26. The molecular formula is C22H21Cl2N5O3. The van der Waals surface area contributed by atoms with Crippen LogP contribution in [0, 0.1) is 0 Å². The monoisotopic (exact) mass is 473 g/mol. The minimum atomic E-state index is -0.716. The fraction of sp³-hybridized carbons (Fsp3) is 0.227. The van der Waals surface area contributed by atoms with Crippen molar-refractivity contribution < 1.29 is 14.4 Å². The van der Waals surface area contributed by atoms with Crippen molar-refractivity contribution in [3.05, 3.63) is 64.3 Å². The number of fused-ring (bicyclic) bond motifs is 1. The Hall–Kier alpha value is -3.23. The lowest BCUT2D eigenvalue weighted by Gasteiger charge is -2.29. The third-order valence-electron chi connectivity index (χ3n) is 5.26. The summed E-state index contributed by atoms with van der Waals surface area (Å²) in [5, 5.41) is 12.6. The van der Waals surface area contributed by atoms with Gasteiger partial charge in [-0.15, -0.1) is 0 Å². The normalized spacial score (nSPS) is 18.2. The number of carbonyl (C=O) groups excluding carboxylic acids is 3. The summed E-state index contributed by atoms with van der Waals surface area (Å²) in [6.07, 6.45) is 2.50. The second-order valence-corrected chi connectivity index (χ2v) is 8.30. The Kier molecular flexibility index (Phi) is 6.53. The standard InChI is InChI=1S/C22H21Cl2N5O3/c23-15-6-5-13(10-16(15)24)27-22(32)25-8-7-18-20(30)29-19(21(31)28-18)9-12-11-26-17-4-2-1-3-14(12)17/h1-6,10-11,18-19,26H,7-9H2,(H,28,31)(H,29,30)(H2,25,27,32). The summed E-state index contributed by atoms with van der Waals surface area (Å²) in [6, 6.07) is 10.7. The minimum absolute atomic E-state index is 0.193. The van der Waals surface area contributed by atoms with Crippen LogP contribution in [0.2, 0.25) is 10.0 Å². The number of benzene rings is 2. The number of halogens is 2. The second kappa shape index (κ2) is 9.50. The van der Waals surface area contributed by atoms with Crippen LogP contribution < -0.4 is 21.3 Å². The topological polar surface area (TPSA) is 115 Å². The molecule has 0 spiro atoms. The van der Waals surface area contributed by atoms with Crippen LogP contribution in [-0.2, 0) is 16.0 Å².